The molecule has 28 heavy (non-hydrogen) atoms. The van der Waals surface area contributed by atoms with Crippen molar-refractivity contribution in [3.05, 3.63) is 70.1 Å². The van der Waals surface area contributed by atoms with Crippen LogP contribution in [0.5, 0.6) is 0 Å². The van der Waals surface area contributed by atoms with Gasteiger partial charge >= 0.3 is 0 Å². The fraction of sp³-hybridized carbons (Fsp3) is 0.238. The summed E-state index contributed by atoms with van der Waals surface area (Å²) in [5.41, 5.74) is 2.53. The summed E-state index contributed by atoms with van der Waals surface area (Å²) in [4.78, 5) is 31.8. The zero-order valence-electron chi connectivity index (χ0n) is 15.3. The lowest BCUT2D eigenvalue weighted by Crippen LogP contribution is -2.50. The predicted octanol–water partition coefficient (Wildman–Crippen LogP) is 3.87. The molecule has 2 heterocycles. The van der Waals surface area contributed by atoms with E-state index >= 15 is 0 Å². The van der Waals surface area contributed by atoms with Crippen LogP contribution in [0.3, 0.4) is 0 Å². The minimum atomic E-state index is -0.596. The molecular weight excluding hydrogens is 381 g/mol. The van der Waals surface area contributed by atoms with Crippen LogP contribution >= 0.6 is 11.6 Å². The van der Waals surface area contributed by atoms with Crippen molar-refractivity contribution >= 4 is 34.3 Å². The number of piperazine rings is 1. The number of rotatable bonds is 2. The van der Waals surface area contributed by atoms with Crippen molar-refractivity contribution < 1.29 is 14.0 Å². The van der Waals surface area contributed by atoms with Crippen LogP contribution in [0.2, 0.25) is 5.02 Å². The molecule has 2 amide bonds. The Morgan fingerprint density at radius 1 is 0.964 bits per heavy atom. The number of aromatic nitrogens is 1. The Balaban J connectivity index is 1.45. The highest BCUT2D eigenvalue weighted by molar-refractivity contribution is 6.31. The van der Waals surface area contributed by atoms with Crippen molar-refractivity contribution in [3.8, 4) is 0 Å². The standard InChI is InChI=1S/C21H19ClFN3O2/c1-13-2-5-18-14(10-13)11-19(24-18)21(28)26-8-6-25(7-9-26)20(27)16-12-15(22)3-4-17(16)23/h2-5,10-12,24H,6-9H2,1H3. The number of nitrogens with zero attached hydrogens (tertiary/aromatic N) is 2. The Hall–Kier alpha value is -2.86. The van der Waals surface area contributed by atoms with Gasteiger partial charge in [0, 0.05) is 42.1 Å². The molecule has 1 fully saturated rings. The second kappa shape index (κ2) is 7.28. The largest absolute Gasteiger partial charge is 0.351 e. The first-order chi connectivity index (χ1) is 13.4. The van der Waals surface area contributed by atoms with Crippen molar-refractivity contribution in [2.75, 3.05) is 26.2 Å². The SMILES string of the molecule is Cc1ccc2[nH]c(C(=O)N3CCN(C(=O)c4cc(Cl)ccc4F)CC3)cc2c1. The average Bonchev–Trinajstić information content (AvgIpc) is 3.12. The van der Waals surface area contributed by atoms with Gasteiger partial charge in [-0.2, -0.15) is 0 Å². The molecule has 2 aromatic carbocycles. The maximum atomic E-state index is 14.0. The van der Waals surface area contributed by atoms with Crippen LogP contribution in [0.1, 0.15) is 26.4 Å². The first-order valence-corrected chi connectivity index (χ1v) is 9.43. The maximum Gasteiger partial charge on any atom is 0.270 e. The van der Waals surface area contributed by atoms with Crippen LogP contribution in [0, 0.1) is 12.7 Å². The second-order valence-corrected chi connectivity index (χ2v) is 7.42. The van der Waals surface area contributed by atoms with Crippen LogP contribution in [-0.4, -0.2) is 52.8 Å². The number of hydrogen-bond donors (Lipinski definition) is 1. The maximum absolute atomic E-state index is 14.0. The number of hydrogen-bond acceptors (Lipinski definition) is 2. The molecule has 0 atom stereocenters. The van der Waals surface area contributed by atoms with Gasteiger partial charge in [0.15, 0.2) is 0 Å². The summed E-state index contributed by atoms with van der Waals surface area (Å²) in [5.74, 6) is -1.11. The van der Waals surface area contributed by atoms with Crippen molar-refractivity contribution in [1.82, 2.24) is 14.8 Å². The Bertz CT molecular complexity index is 1070. The lowest BCUT2D eigenvalue weighted by Gasteiger charge is -2.34. The molecule has 1 aliphatic rings. The number of nitrogens with one attached hydrogen (secondary N) is 1. The summed E-state index contributed by atoms with van der Waals surface area (Å²) in [6, 6.07) is 11.8. The topological polar surface area (TPSA) is 56.4 Å². The third kappa shape index (κ3) is 3.47. The molecule has 3 aromatic rings. The van der Waals surface area contributed by atoms with E-state index in [-0.39, 0.29) is 11.5 Å². The number of fused-ring (bicyclic) bond motifs is 1. The van der Waals surface area contributed by atoms with Gasteiger partial charge in [-0.1, -0.05) is 23.2 Å². The van der Waals surface area contributed by atoms with E-state index in [9.17, 15) is 14.0 Å². The molecule has 0 saturated carbocycles. The van der Waals surface area contributed by atoms with Crippen LogP contribution in [0.15, 0.2) is 42.5 Å². The van der Waals surface area contributed by atoms with Crippen LogP contribution in [0.25, 0.3) is 10.9 Å². The quantitative estimate of drug-likeness (QED) is 0.711. The number of H-pyrrole nitrogens is 1. The second-order valence-electron chi connectivity index (χ2n) is 6.98. The fourth-order valence-corrected chi connectivity index (χ4v) is 3.65. The Morgan fingerprint density at radius 3 is 2.36 bits per heavy atom. The molecule has 7 heteroatoms. The minimum Gasteiger partial charge on any atom is -0.351 e. The number of amides is 2. The van der Waals surface area contributed by atoms with Gasteiger partial charge in [-0.05, 0) is 43.3 Å². The smallest absolute Gasteiger partial charge is 0.270 e. The molecular formula is C21H19ClFN3O2. The molecule has 0 radical (unpaired) electrons. The third-order valence-electron chi connectivity index (χ3n) is 5.02. The molecule has 5 nitrogen and oxygen atoms in total. The molecule has 0 aliphatic carbocycles. The Morgan fingerprint density at radius 2 is 1.64 bits per heavy atom. The summed E-state index contributed by atoms with van der Waals surface area (Å²) in [5, 5.41) is 1.31. The van der Waals surface area contributed by atoms with E-state index in [0.717, 1.165) is 16.5 Å². The van der Waals surface area contributed by atoms with Gasteiger partial charge in [0.2, 0.25) is 0 Å². The zero-order chi connectivity index (χ0) is 19.8. The predicted molar refractivity (Wildman–Crippen MR) is 106 cm³/mol. The van der Waals surface area contributed by atoms with Crippen LogP contribution < -0.4 is 0 Å². The highest BCUT2D eigenvalue weighted by atomic mass is 35.5. The number of aryl methyl sites for hydroxylation is 1. The lowest BCUT2D eigenvalue weighted by atomic mass is 10.1. The van der Waals surface area contributed by atoms with Crippen molar-refractivity contribution in [2.24, 2.45) is 0 Å². The van der Waals surface area contributed by atoms with Crippen molar-refractivity contribution in [2.45, 2.75) is 6.92 Å². The van der Waals surface area contributed by atoms with Crippen LogP contribution in [0.4, 0.5) is 4.39 Å². The zero-order valence-corrected chi connectivity index (χ0v) is 16.1. The summed E-state index contributed by atoms with van der Waals surface area (Å²) >= 11 is 5.88. The highest BCUT2D eigenvalue weighted by Crippen LogP contribution is 2.20. The number of carbonyl (C=O) groups is 2. The lowest BCUT2D eigenvalue weighted by molar-refractivity contribution is 0.0530. The number of carbonyl (C=O) groups excluding carboxylic acids is 2. The van der Waals surface area contributed by atoms with E-state index in [1.165, 1.54) is 18.2 Å². The van der Waals surface area contributed by atoms with Crippen LogP contribution in [-0.2, 0) is 0 Å². The minimum absolute atomic E-state index is 0.0433. The van der Waals surface area contributed by atoms with Crippen molar-refractivity contribution in [3.63, 3.8) is 0 Å². The van der Waals surface area contributed by atoms with Gasteiger partial charge in [-0.15, -0.1) is 0 Å². The van der Waals surface area contributed by atoms with Gasteiger partial charge in [0.1, 0.15) is 11.5 Å². The molecule has 1 aliphatic heterocycles. The summed E-state index contributed by atoms with van der Waals surface area (Å²) < 4.78 is 14.0. The molecule has 1 aromatic heterocycles. The monoisotopic (exact) mass is 399 g/mol. The molecule has 0 bridgehead atoms. The van der Waals surface area contributed by atoms with Gasteiger partial charge in [0.25, 0.3) is 11.8 Å². The fourth-order valence-electron chi connectivity index (χ4n) is 3.48. The van der Waals surface area contributed by atoms with Crippen molar-refractivity contribution in [1.29, 1.82) is 0 Å². The van der Waals surface area contributed by atoms with E-state index in [0.29, 0.717) is 36.9 Å². The van der Waals surface area contributed by atoms with Gasteiger partial charge < -0.3 is 14.8 Å². The van der Waals surface area contributed by atoms with E-state index in [1.54, 1.807) is 9.80 Å². The normalized spacial score (nSPS) is 14.5. The summed E-state index contributed by atoms with van der Waals surface area (Å²) in [6.07, 6.45) is 0. The van der Waals surface area contributed by atoms with E-state index < -0.39 is 11.7 Å². The Kier molecular flexibility index (Phi) is 4.81. The first-order valence-electron chi connectivity index (χ1n) is 9.05. The Labute approximate surface area is 166 Å². The van der Waals surface area contributed by atoms with E-state index in [4.69, 9.17) is 11.6 Å². The summed E-state index contributed by atoms with van der Waals surface area (Å²) in [6.45, 7) is 3.47. The third-order valence-corrected chi connectivity index (χ3v) is 5.25. The average molecular weight is 400 g/mol. The van der Waals surface area contributed by atoms with Gasteiger partial charge in [-0.3, -0.25) is 9.59 Å². The number of halogens is 2. The van der Waals surface area contributed by atoms with E-state index in [1.807, 2.05) is 31.2 Å². The van der Waals surface area contributed by atoms with E-state index in [2.05, 4.69) is 4.98 Å². The highest BCUT2D eigenvalue weighted by Gasteiger charge is 2.27. The summed E-state index contributed by atoms with van der Waals surface area (Å²) in [7, 11) is 0. The number of benzene rings is 2. The molecule has 144 valence electrons. The van der Waals surface area contributed by atoms with Gasteiger partial charge in [0.05, 0.1) is 5.56 Å². The molecule has 1 saturated heterocycles. The molecule has 0 spiro atoms. The first kappa shape index (κ1) is 18.5. The molecule has 0 unspecified atom stereocenters. The van der Waals surface area contributed by atoms with Gasteiger partial charge in [-0.25, -0.2) is 4.39 Å². The molecule has 1 N–H and O–H groups in total. The molecule has 4 rings (SSSR count). The number of aromatic amines is 1.